The Bertz CT molecular complexity index is 1250. The Hall–Kier alpha value is -2.84. The fourth-order valence-corrected chi connectivity index (χ4v) is 4.00. The SMILES string of the molecule is Cc1ccc(-c2csc(/C(C#N)=C/c3ccc(-c4cccc(Cl)c4Cl)o3)n2)cc1. The van der Waals surface area contributed by atoms with Crippen LogP contribution in [0.25, 0.3) is 34.2 Å². The number of aromatic nitrogens is 1. The molecule has 0 N–H and O–H groups in total. The first-order valence-electron chi connectivity index (χ1n) is 8.74. The van der Waals surface area contributed by atoms with Crippen LogP contribution in [0.3, 0.4) is 0 Å². The monoisotopic (exact) mass is 436 g/mol. The second-order valence-corrected chi connectivity index (χ2v) is 8.02. The van der Waals surface area contributed by atoms with Gasteiger partial charge in [-0.25, -0.2) is 4.98 Å². The van der Waals surface area contributed by atoms with Gasteiger partial charge in [-0.1, -0.05) is 59.1 Å². The molecule has 3 nitrogen and oxygen atoms in total. The lowest BCUT2D eigenvalue weighted by Crippen LogP contribution is -1.83. The first-order valence-corrected chi connectivity index (χ1v) is 10.4. The van der Waals surface area contributed by atoms with E-state index in [1.165, 1.54) is 16.9 Å². The van der Waals surface area contributed by atoms with Crippen molar-refractivity contribution in [2.24, 2.45) is 0 Å². The molecule has 0 aliphatic rings. The fraction of sp³-hybridized carbons (Fsp3) is 0.0435. The summed E-state index contributed by atoms with van der Waals surface area (Å²) < 4.78 is 5.87. The van der Waals surface area contributed by atoms with Crippen LogP contribution in [0.2, 0.25) is 10.0 Å². The number of hydrogen-bond donors (Lipinski definition) is 0. The van der Waals surface area contributed by atoms with Crippen molar-refractivity contribution in [1.82, 2.24) is 4.98 Å². The molecule has 0 bridgehead atoms. The summed E-state index contributed by atoms with van der Waals surface area (Å²) >= 11 is 13.8. The third-order valence-corrected chi connectivity index (χ3v) is 6.03. The summed E-state index contributed by atoms with van der Waals surface area (Å²) in [5, 5.41) is 13.1. The number of aryl methyl sites for hydroxylation is 1. The summed E-state index contributed by atoms with van der Waals surface area (Å²) in [6.07, 6.45) is 1.68. The van der Waals surface area contributed by atoms with Crippen molar-refractivity contribution in [2.45, 2.75) is 6.92 Å². The molecule has 0 atom stereocenters. The van der Waals surface area contributed by atoms with Crippen LogP contribution in [0.15, 0.2) is 64.4 Å². The second-order valence-electron chi connectivity index (χ2n) is 6.38. The van der Waals surface area contributed by atoms with Gasteiger partial charge in [0.1, 0.15) is 22.6 Å². The number of furan rings is 1. The summed E-state index contributed by atoms with van der Waals surface area (Å²) in [7, 11) is 0. The van der Waals surface area contributed by atoms with E-state index in [9.17, 15) is 5.26 Å². The molecule has 0 aliphatic carbocycles. The minimum Gasteiger partial charge on any atom is -0.457 e. The van der Waals surface area contributed by atoms with E-state index in [1.807, 2.05) is 48.7 Å². The predicted octanol–water partition coefficient (Wildman–Crippen LogP) is 7.75. The molecule has 0 saturated heterocycles. The Labute approximate surface area is 182 Å². The highest BCUT2D eigenvalue weighted by Gasteiger charge is 2.13. The molecule has 29 heavy (non-hydrogen) atoms. The Kier molecular flexibility index (Phi) is 5.55. The van der Waals surface area contributed by atoms with E-state index in [2.05, 4.69) is 11.1 Å². The van der Waals surface area contributed by atoms with Crippen LogP contribution in [0.4, 0.5) is 0 Å². The highest BCUT2D eigenvalue weighted by Crippen LogP contribution is 2.35. The van der Waals surface area contributed by atoms with E-state index < -0.39 is 0 Å². The molecule has 0 radical (unpaired) electrons. The van der Waals surface area contributed by atoms with Gasteiger partial charge in [0.15, 0.2) is 0 Å². The maximum atomic E-state index is 9.63. The summed E-state index contributed by atoms with van der Waals surface area (Å²) in [4.78, 5) is 4.62. The summed E-state index contributed by atoms with van der Waals surface area (Å²) in [6.45, 7) is 2.04. The van der Waals surface area contributed by atoms with Crippen LogP contribution >= 0.6 is 34.5 Å². The standard InChI is InChI=1S/C23H14Cl2N2OS/c1-14-5-7-15(8-6-14)20-13-29-23(27-20)16(12-26)11-17-9-10-21(28-17)18-3-2-4-19(24)22(18)25/h2-11,13H,1H3/b16-11+. The number of rotatable bonds is 4. The minimum atomic E-state index is 0.433. The van der Waals surface area contributed by atoms with E-state index in [0.29, 0.717) is 37.7 Å². The highest BCUT2D eigenvalue weighted by molar-refractivity contribution is 7.11. The Balaban J connectivity index is 1.64. The van der Waals surface area contributed by atoms with E-state index in [-0.39, 0.29) is 0 Å². The van der Waals surface area contributed by atoms with Gasteiger partial charge >= 0.3 is 0 Å². The lowest BCUT2D eigenvalue weighted by molar-refractivity contribution is 0.572. The Morgan fingerprint density at radius 1 is 1.10 bits per heavy atom. The first kappa shape index (κ1) is 19.5. The predicted molar refractivity (Wildman–Crippen MR) is 120 cm³/mol. The molecule has 0 fully saturated rings. The van der Waals surface area contributed by atoms with Gasteiger partial charge in [-0.15, -0.1) is 11.3 Å². The van der Waals surface area contributed by atoms with Gasteiger partial charge in [0.25, 0.3) is 0 Å². The van der Waals surface area contributed by atoms with Crippen LogP contribution in [0, 0.1) is 18.3 Å². The van der Waals surface area contributed by atoms with Crippen molar-refractivity contribution in [3.8, 4) is 28.7 Å². The quantitative estimate of drug-likeness (QED) is 0.307. The lowest BCUT2D eigenvalue weighted by Gasteiger charge is -2.02. The van der Waals surface area contributed by atoms with Crippen molar-refractivity contribution in [3.63, 3.8) is 0 Å². The highest BCUT2D eigenvalue weighted by atomic mass is 35.5. The zero-order chi connectivity index (χ0) is 20.4. The molecule has 2 heterocycles. The average Bonchev–Trinajstić information content (AvgIpc) is 3.39. The number of thiazole rings is 1. The first-order chi connectivity index (χ1) is 14.0. The number of hydrogen-bond acceptors (Lipinski definition) is 4. The molecule has 6 heteroatoms. The number of benzene rings is 2. The van der Waals surface area contributed by atoms with Crippen LogP contribution in [0.1, 0.15) is 16.3 Å². The fourth-order valence-electron chi connectivity index (χ4n) is 2.81. The Morgan fingerprint density at radius 2 is 1.90 bits per heavy atom. The normalized spacial score (nSPS) is 11.4. The molecule has 2 aromatic carbocycles. The molecule has 0 amide bonds. The maximum Gasteiger partial charge on any atom is 0.136 e. The topological polar surface area (TPSA) is 49.8 Å². The smallest absolute Gasteiger partial charge is 0.136 e. The van der Waals surface area contributed by atoms with Crippen LogP contribution in [0.5, 0.6) is 0 Å². The molecule has 0 aliphatic heterocycles. The van der Waals surface area contributed by atoms with E-state index in [1.54, 1.807) is 24.3 Å². The van der Waals surface area contributed by atoms with Crippen LogP contribution < -0.4 is 0 Å². The molecule has 142 valence electrons. The molecule has 4 aromatic rings. The average molecular weight is 437 g/mol. The van der Waals surface area contributed by atoms with E-state index in [0.717, 1.165) is 11.3 Å². The summed E-state index contributed by atoms with van der Waals surface area (Å²) in [6, 6.07) is 19.3. The molecular weight excluding hydrogens is 423 g/mol. The second kappa shape index (κ2) is 8.26. The summed E-state index contributed by atoms with van der Waals surface area (Å²) in [5.41, 5.74) is 4.19. The van der Waals surface area contributed by atoms with Gasteiger partial charge in [0, 0.05) is 22.6 Å². The van der Waals surface area contributed by atoms with Gasteiger partial charge < -0.3 is 4.42 Å². The third-order valence-electron chi connectivity index (χ3n) is 4.33. The van der Waals surface area contributed by atoms with Crippen LogP contribution in [-0.2, 0) is 0 Å². The summed E-state index contributed by atoms with van der Waals surface area (Å²) in [5.74, 6) is 1.13. The Morgan fingerprint density at radius 3 is 2.66 bits per heavy atom. The van der Waals surface area contributed by atoms with Crippen molar-refractivity contribution < 1.29 is 4.42 Å². The molecule has 4 rings (SSSR count). The molecule has 0 saturated carbocycles. The molecule has 0 spiro atoms. The van der Waals surface area contributed by atoms with Gasteiger partial charge in [-0.2, -0.15) is 5.26 Å². The van der Waals surface area contributed by atoms with Gasteiger partial charge in [0.2, 0.25) is 0 Å². The van der Waals surface area contributed by atoms with Gasteiger partial charge in [-0.05, 0) is 31.2 Å². The van der Waals surface area contributed by atoms with Gasteiger partial charge in [0.05, 0.1) is 21.3 Å². The van der Waals surface area contributed by atoms with Crippen molar-refractivity contribution in [1.29, 1.82) is 5.26 Å². The third kappa shape index (κ3) is 4.13. The van der Waals surface area contributed by atoms with Gasteiger partial charge in [-0.3, -0.25) is 0 Å². The minimum absolute atomic E-state index is 0.433. The lowest BCUT2D eigenvalue weighted by atomic mass is 10.1. The van der Waals surface area contributed by atoms with E-state index >= 15 is 0 Å². The molecule has 0 unspecified atom stereocenters. The zero-order valence-corrected chi connectivity index (χ0v) is 17.6. The number of nitrogens with zero attached hydrogens (tertiary/aromatic N) is 2. The van der Waals surface area contributed by atoms with Crippen LogP contribution in [-0.4, -0.2) is 4.98 Å². The number of nitriles is 1. The molecular formula is C23H14Cl2N2OS. The van der Waals surface area contributed by atoms with Crippen molar-refractivity contribution in [2.75, 3.05) is 0 Å². The zero-order valence-electron chi connectivity index (χ0n) is 15.3. The van der Waals surface area contributed by atoms with Crippen molar-refractivity contribution >= 4 is 46.2 Å². The largest absolute Gasteiger partial charge is 0.457 e. The maximum absolute atomic E-state index is 9.63. The number of halogens is 2. The van der Waals surface area contributed by atoms with E-state index in [4.69, 9.17) is 27.6 Å². The molecule has 2 aromatic heterocycles. The number of allylic oxidation sites excluding steroid dienone is 1. The van der Waals surface area contributed by atoms with Crippen molar-refractivity contribution in [3.05, 3.63) is 86.4 Å².